The predicted octanol–water partition coefficient (Wildman–Crippen LogP) is 2.10. The number of aliphatic hydroxyl groups is 1. The van der Waals surface area contributed by atoms with E-state index in [0.717, 1.165) is 25.9 Å². The van der Waals surface area contributed by atoms with Gasteiger partial charge in [-0.3, -0.25) is 0 Å². The van der Waals surface area contributed by atoms with Crippen LogP contribution in [-0.2, 0) is 0 Å². The molecule has 1 N–H and O–H groups in total. The van der Waals surface area contributed by atoms with Gasteiger partial charge in [0.1, 0.15) is 0 Å². The highest BCUT2D eigenvalue weighted by Gasteiger charge is 2.42. The zero-order valence-electron chi connectivity index (χ0n) is 12.3. The van der Waals surface area contributed by atoms with Gasteiger partial charge in [0.25, 0.3) is 0 Å². The number of hydrogen-bond acceptors (Lipinski definition) is 3. The molecular weight excluding hydrogens is 236 g/mol. The van der Waals surface area contributed by atoms with Crippen molar-refractivity contribution in [2.75, 3.05) is 39.3 Å². The van der Waals surface area contributed by atoms with E-state index in [0.29, 0.717) is 5.92 Å². The molecule has 3 rings (SSSR count). The quantitative estimate of drug-likeness (QED) is 0.844. The molecule has 2 atom stereocenters. The Morgan fingerprint density at radius 3 is 2.53 bits per heavy atom. The molecule has 2 aliphatic heterocycles. The third kappa shape index (κ3) is 3.32. The van der Waals surface area contributed by atoms with Crippen LogP contribution in [-0.4, -0.2) is 59.8 Å². The Labute approximate surface area is 118 Å². The average Bonchev–Trinajstić information content (AvgIpc) is 2.92. The Hall–Kier alpha value is -0.120. The van der Waals surface area contributed by atoms with Crippen molar-refractivity contribution < 1.29 is 5.11 Å². The van der Waals surface area contributed by atoms with Gasteiger partial charge in [0.2, 0.25) is 0 Å². The van der Waals surface area contributed by atoms with E-state index >= 15 is 0 Å². The van der Waals surface area contributed by atoms with Crippen molar-refractivity contribution in [3.63, 3.8) is 0 Å². The molecule has 0 spiro atoms. The molecule has 19 heavy (non-hydrogen) atoms. The predicted molar refractivity (Wildman–Crippen MR) is 78.3 cm³/mol. The van der Waals surface area contributed by atoms with Crippen LogP contribution in [0.2, 0.25) is 0 Å². The Morgan fingerprint density at radius 2 is 1.68 bits per heavy atom. The molecule has 0 aromatic rings. The maximum Gasteiger partial charge on any atom is 0.0700 e. The summed E-state index contributed by atoms with van der Waals surface area (Å²) in [6.07, 6.45) is 10.00. The monoisotopic (exact) mass is 266 g/mol. The maximum atomic E-state index is 10.7. The van der Waals surface area contributed by atoms with Crippen molar-refractivity contribution in [2.24, 2.45) is 5.92 Å². The Morgan fingerprint density at radius 1 is 0.895 bits per heavy atom. The van der Waals surface area contributed by atoms with Crippen LogP contribution >= 0.6 is 0 Å². The minimum absolute atomic E-state index is 0.302. The summed E-state index contributed by atoms with van der Waals surface area (Å²) in [6, 6.07) is 0. The summed E-state index contributed by atoms with van der Waals surface area (Å²) in [5.41, 5.74) is -0.302. The molecule has 0 aromatic heterocycles. The highest BCUT2D eigenvalue weighted by molar-refractivity contribution is 4.95. The number of hydrogen-bond donors (Lipinski definition) is 1. The summed E-state index contributed by atoms with van der Waals surface area (Å²) in [5.74, 6) is 0.557. The van der Waals surface area contributed by atoms with Crippen LogP contribution < -0.4 is 0 Å². The topological polar surface area (TPSA) is 26.7 Å². The molecule has 1 aliphatic carbocycles. The summed E-state index contributed by atoms with van der Waals surface area (Å²) < 4.78 is 0. The van der Waals surface area contributed by atoms with Gasteiger partial charge < -0.3 is 14.9 Å². The highest BCUT2D eigenvalue weighted by Crippen LogP contribution is 2.39. The van der Waals surface area contributed by atoms with Crippen LogP contribution in [0.4, 0.5) is 0 Å². The van der Waals surface area contributed by atoms with Gasteiger partial charge in [-0.25, -0.2) is 0 Å². The van der Waals surface area contributed by atoms with E-state index in [1.807, 2.05) is 0 Å². The van der Waals surface area contributed by atoms with Gasteiger partial charge in [0, 0.05) is 19.0 Å². The fourth-order valence-corrected chi connectivity index (χ4v) is 4.37. The second-order valence-electron chi connectivity index (χ2n) is 7.00. The molecule has 3 fully saturated rings. The smallest absolute Gasteiger partial charge is 0.0700 e. The van der Waals surface area contributed by atoms with Crippen molar-refractivity contribution in [2.45, 2.75) is 57.0 Å². The summed E-state index contributed by atoms with van der Waals surface area (Å²) >= 11 is 0. The minimum atomic E-state index is -0.302. The van der Waals surface area contributed by atoms with Crippen molar-refractivity contribution in [1.29, 1.82) is 0 Å². The first-order valence-electron chi connectivity index (χ1n) is 8.43. The zero-order valence-corrected chi connectivity index (χ0v) is 12.3. The van der Waals surface area contributed by atoms with Gasteiger partial charge in [-0.15, -0.1) is 0 Å². The molecule has 2 saturated heterocycles. The lowest BCUT2D eigenvalue weighted by Crippen LogP contribution is -2.53. The van der Waals surface area contributed by atoms with Crippen LogP contribution in [0.1, 0.15) is 51.4 Å². The van der Waals surface area contributed by atoms with E-state index in [4.69, 9.17) is 0 Å². The molecule has 3 aliphatic rings. The van der Waals surface area contributed by atoms with Gasteiger partial charge in [0.15, 0.2) is 0 Å². The van der Waals surface area contributed by atoms with Crippen LogP contribution in [0.5, 0.6) is 0 Å². The van der Waals surface area contributed by atoms with Crippen molar-refractivity contribution in [1.82, 2.24) is 9.80 Å². The maximum absolute atomic E-state index is 10.7. The SMILES string of the molecule is OC12CCCCC1CN(CCCN1CCCC1)CC2. The van der Waals surface area contributed by atoms with Crippen LogP contribution in [0.15, 0.2) is 0 Å². The number of nitrogens with zero attached hydrogens (tertiary/aromatic N) is 2. The summed E-state index contributed by atoms with van der Waals surface area (Å²) in [7, 11) is 0. The number of rotatable bonds is 4. The van der Waals surface area contributed by atoms with Crippen molar-refractivity contribution in [3.8, 4) is 0 Å². The Balaban J connectivity index is 1.40. The number of likely N-dealkylation sites (tertiary alicyclic amines) is 2. The third-order valence-corrected chi connectivity index (χ3v) is 5.66. The molecule has 0 aromatic carbocycles. The molecule has 0 radical (unpaired) electrons. The van der Waals surface area contributed by atoms with Crippen molar-refractivity contribution >= 4 is 0 Å². The average molecular weight is 266 g/mol. The summed E-state index contributed by atoms with van der Waals surface area (Å²) in [5, 5.41) is 10.7. The molecule has 3 nitrogen and oxygen atoms in total. The van der Waals surface area contributed by atoms with Crippen molar-refractivity contribution in [3.05, 3.63) is 0 Å². The standard InChI is InChI=1S/C16H30N2O/c19-16-7-2-1-6-15(16)14-18(13-8-16)12-5-11-17-9-3-4-10-17/h15,19H,1-14H2. The van der Waals surface area contributed by atoms with Crippen LogP contribution in [0, 0.1) is 5.92 Å². The van der Waals surface area contributed by atoms with Gasteiger partial charge in [0.05, 0.1) is 5.60 Å². The Kier molecular flexibility index (Phi) is 4.45. The van der Waals surface area contributed by atoms with E-state index in [1.54, 1.807) is 0 Å². The molecule has 2 heterocycles. The first kappa shape index (κ1) is 13.8. The summed E-state index contributed by atoms with van der Waals surface area (Å²) in [4.78, 5) is 5.22. The van der Waals surface area contributed by atoms with E-state index in [1.165, 1.54) is 64.7 Å². The molecule has 0 amide bonds. The fraction of sp³-hybridized carbons (Fsp3) is 1.00. The molecule has 3 heteroatoms. The lowest BCUT2D eigenvalue weighted by Gasteiger charge is -2.47. The number of fused-ring (bicyclic) bond motifs is 1. The molecule has 0 bridgehead atoms. The summed E-state index contributed by atoms with van der Waals surface area (Å²) in [6.45, 7) is 7.43. The van der Waals surface area contributed by atoms with Gasteiger partial charge in [-0.1, -0.05) is 12.8 Å². The van der Waals surface area contributed by atoms with Crippen LogP contribution in [0.25, 0.3) is 0 Å². The third-order valence-electron chi connectivity index (χ3n) is 5.66. The lowest BCUT2D eigenvalue weighted by atomic mass is 9.71. The van der Waals surface area contributed by atoms with Gasteiger partial charge >= 0.3 is 0 Å². The molecule has 2 unspecified atom stereocenters. The molecule has 1 saturated carbocycles. The fourth-order valence-electron chi connectivity index (χ4n) is 4.37. The van der Waals surface area contributed by atoms with E-state index in [9.17, 15) is 5.11 Å². The van der Waals surface area contributed by atoms with Crippen LogP contribution in [0.3, 0.4) is 0 Å². The second-order valence-corrected chi connectivity index (χ2v) is 7.00. The normalized spacial score (nSPS) is 37.4. The van der Waals surface area contributed by atoms with E-state index in [-0.39, 0.29) is 5.60 Å². The van der Waals surface area contributed by atoms with E-state index < -0.39 is 0 Å². The van der Waals surface area contributed by atoms with Gasteiger partial charge in [-0.05, 0) is 64.7 Å². The first-order valence-corrected chi connectivity index (χ1v) is 8.43. The largest absolute Gasteiger partial charge is 0.390 e. The Bertz CT molecular complexity index is 290. The highest BCUT2D eigenvalue weighted by atomic mass is 16.3. The second kappa shape index (κ2) is 6.11. The molecule has 110 valence electrons. The van der Waals surface area contributed by atoms with E-state index in [2.05, 4.69) is 9.80 Å². The first-order chi connectivity index (χ1) is 9.26. The number of piperidine rings is 1. The lowest BCUT2D eigenvalue weighted by molar-refractivity contribution is -0.0954. The zero-order chi connectivity index (χ0) is 13.1. The van der Waals surface area contributed by atoms with Gasteiger partial charge in [-0.2, -0.15) is 0 Å². The molecular formula is C16H30N2O. The minimum Gasteiger partial charge on any atom is -0.390 e.